The first-order chi connectivity index (χ1) is 12.3. The number of aliphatic hydroxyl groups excluding tert-OH is 1. The number of benzene rings is 1. The summed E-state index contributed by atoms with van der Waals surface area (Å²) in [5, 5.41) is 9.61. The van der Waals surface area contributed by atoms with E-state index in [-0.39, 0.29) is 19.8 Å². The number of nitrogens with zero attached hydrogens (tertiary/aromatic N) is 1. The summed E-state index contributed by atoms with van der Waals surface area (Å²) in [5.74, 6) is 0.252. The fourth-order valence-electron chi connectivity index (χ4n) is 2.99. The standard InChI is InChI=1S/C17H22F3NO5/c1-24-12-4-3-11(9-13(12)25-2)16-14(10-22)26-8-7-21(16)15(23)5-6-17(18,19)20/h3-4,9,14,16,22H,5-8,10H2,1-2H3/t14-,16-/m1/s1. The topological polar surface area (TPSA) is 68.2 Å². The van der Waals surface area contributed by atoms with Crippen LogP contribution < -0.4 is 9.47 Å². The van der Waals surface area contributed by atoms with E-state index >= 15 is 0 Å². The van der Waals surface area contributed by atoms with Crippen LogP contribution in [0.4, 0.5) is 13.2 Å². The van der Waals surface area contributed by atoms with Gasteiger partial charge >= 0.3 is 6.18 Å². The quantitative estimate of drug-likeness (QED) is 0.824. The van der Waals surface area contributed by atoms with Crippen molar-refractivity contribution in [1.82, 2.24) is 4.90 Å². The lowest BCUT2D eigenvalue weighted by Gasteiger charge is -2.41. The van der Waals surface area contributed by atoms with E-state index in [1.165, 1.54) is 19.1 Å². The number of carbonyl (C=O) groups is 1. The Balaban J connectivity index is 2.31. The molecule has 1 heterocycles. The molecule has 1 aliphatic rings. The minimum Gasteiger partial charge on any atom is -0.493 e. The van der Waals surface area contributed by atoms with Crippen molar-refractivity contribution in [3.63, 3.8) is 0 Å². The van der Waals surface area contributed by atoms with Gasteiger partial charge in [0.15, 0.2) is 11.5 Å². The zero-order valence-electron chi connectivity index (χ0n) is 14.6. The van der Waals surface area contributed by atoms with Crippen LogP contribution in [0.15, 0.2) is 18.2 Å². The van der Waals surface area contributed by atoms with E-state index in [0.29, 0.717) is 17.1 Å². The van der Waals surface area contributed by atoms with Gasteiger partial charge in [0.25, 0.3) is 0 Å². The molecule has 1 aromatic carbocycles. The van der Waals surface area contributed by atoms with E-state index in [1.54, 1.807) is 18.2 Å². The molecule has 1 fully saturated rings. The predicted molar refractivity (Wildman–Crippen MR) is 86.1 cm³/mol. The van der Waals surface area contributed by atoms with Crippen LogP contribution in [0.25, 0.3) is 0 Å². The highest BCUT2D eigenvalue weighted by molar-refractivity contribution is 5.77. The van der Waals surface area contributed by atoms with E-state index in [2.05, 4.69) is 0 Å². The lowest BCUT2D eigenvalue weighted by atomic mass is 9.97. The first-order valence-electron chi connectivity index (χ1n) is 8.11. The van der Waals surface area contributed by atoms with Crippen LogP contribution >= 0.6 is 0 Å². The van der Waals surface area contributed by atoms with Crippen molar-refractivity contribution >= 4 is 5.91 Å². The molecule has 0 aromatic heterocycles. The zero-order chi connectivity index (χ0) is 19.3. The van der Waals surface area contributed by atoms with Gasteiger partial charge in [0.05, 0.1) is 39.9 Å². The van der Waals surface area contributed by atoms with Crippen molar-refractivity contribution < 1.29 is 37.3 Å². The molecule has 2 atom stereocenters. The van der Waals surface area contributed by atoms with Crippen molar-refractivity contribution in [2.24, 2.45) is 0 Å². The summed E-state index contributed by atoms with van der Waals surface area (Å²) in [4.78, 5) is 13.7. The molecule has 0 radical (unpaired) electrons. The van der Waals surface area contributed by atoms with Crippen LogP contribution in [0.1, 0.15) is 24.4 Å². The van der Waals surface area contributed by atoms with Crippen LogP contribution in [-0.2, 0) is 9.53 Å². The number of hydrogen-bond donors (Lipinski definition) is 1. The second-order valence-corrected chi connectivity index (χ2v) is 5.85. The van der Waals surface area contributed by atoms with Crippen molar-refractivity contribution in [3.8, 4) is 11.5 Å². The van der Waals surface area contributed by atoms with E-state index in [9.17, 15) is 23.1 Å². The van der Waals surface area contributed by atoms with Gasteiger partial charge < -0.3 is 24.2 Å². The average Bonchev–Trinajstić information content (AvgIpc) is 2.64. The minimum atomic E-state index is -4.41. The highest BCUT2D eigenvalue weighted by Crippen LogP contribution is 2.36. The molecular formula is C17H22F3NO5. The van der Waals surface area contributed by atoms with Gasteiger partial charge in [-0.2, -0.15) is 13.2 Å². The van der Waals surface area contributed by atoms with Crippen molar-refractivity contribution in [3.05, 3.63) is 23.8 Å². The molecule has 1 saturated heterocycles. The monoisotopic (exact) mass is 377 g/mol. The summed E-state index contributed by atoms with van der Waals surface area (Å²) in [6.45, 7) is -0.0823. The molecule has 1 aliphatic heterocycles. The molecule has 1 aromatic rings. The molecule has 1 N–H and O–H groups in total. The third-order valence-corrected chi connectivity index (χ3v) is 4.22. The van der Waals surface area contributed by atoms with E-state index in [1.807, 2.05) is 0 Å². The number of morpholine rings is 1. The van der Waals surface area contributed by atoms with Gasteiger partial charge in [-0.1, -0.05) is 6.07 Å². The Morgan fingerprint density at radius 2 is 2.00 bits per heavy atom. The lowest BCUT2D eigenvalue weighted by molar-refractivity contribution is -0.160. The second kappa shape index (κ2) is 8.59. The van der Waals surface area contributed by atoms with Crippen molar-refractivity contribution in [2.75, 3.05) is 34.0 Å². The highest BCUT2D eigenvalue weighted by Gasteiger charge is 2.38. The van der Waals surface area contributed by atoms with Crippen LogP contribution in [-0.4, -0.2) is 62.2 Å². The van der Waals surface area contributed by atoms with Crippen LogP contribution in [0.2, 0.25) is 0 Å². The number of carbonyl (C=O) groups excluding carboxylic acids is 1. The maximum absolute atomic E-state index is 12.5. The Hall–Kier alpha value is -2.00. The first kappa shape index (κ1) is 20.3. The van der Waals surface area contributed by atoms with Gasteiger partial charge in [-0.15, -0.1) is 0 Å². The molecule has 6 nitrogen and oxygen atoms in total. The van der Waals surface area contributed by atoms with Gasteiger partial charge in [0, 0.05) is 13.0 Å². The maximum atomic E-state index is 12.5. The summed E-state index contributed by atoms with van der Waals surface area (Å²) in [6, 6.07) is 4.22. The van der Waals surface area contributed by atoms with E-state index in [0.717, 1.165) is 0 Å². The smallest absolute Gasteiger partial charge is 0.389 e. The lowest BCUT2D eigenvalue weighted by Crippen LogP contribution is -2.49. The molecule has 26 heavy (non-hydrogen) atoms. The number of methoxy groups -OCH3 is 2. The summed E-state index contributed by atoms with van der Waals surface area (Å²) in [5.41, 5.74) is 0.585. The second-order valence-electron chi connectivity index (χ2n) is 5.85. The largest absolute Gasteiger partial charge is 0.493 e. The fourth-order valence-corrected chi connectivity index (χ4v) is 2.99. The van der Waals surface area contributed by atoms with Gasteiger partial charge in [-0.05, 0) is 17.7 Å². The SMILES string of the molecule is COc1ccc([C@@H]2[C@@H](CO)OCCN2C(=O)CCC(F)(F)F)cc1OC. The van der Waals surface area contributed by atoms with Crippen molar-refractivity contribution in [2.45, 2.75) is 31.2 Å². The van der Waals surface area contributed by atoms with Crippen molar-refractivity contribution in [1.29, 1.82) is 0 Å². The van der Waals surface area contributed by atoms with Gasteiger partial charge in [-0.25, -0.2) is 0 Å². The Labute approximate surface area is 149 Å². The summed E-state index contributed by atoms with van der Waals surface area (Å²) < 4.78 is 53.3. The minimum absolute atomic E-state index is 0.145. The molecule has 146 valence electrons. The molecule has 0 aliphatic carbocycles. The number of aliphatic hydroxyl groups is 1. The predicted octanol–water partition coefficient (Wildman–Crippen LogP) is 2.31. The number of rotatable bonds is 6. The normalized spacial score (nSPS) is 20.8. The van der Waals surface area contributed by atoms with E-state index < -0.39 is 37.1 Å². The van der Waals surface area contributed by atoms with Gasteiger partial charge in [0.1, 0.15) is 6.10 Å². The Morgan fingerprint density at radius 3 is 2.58 bits per heavy atom. The molecule has 0 bridgehead atoms. The number of halogens is 3. The van der Waals surface area contributed by atoms with Gasteiger partial charge in [-0.3, -0.25) is 4.79 Å². The number of alkyl halides is 3. The Bertz CT molecular complexity index is 623. The fraction of sp³-hybridized carbons (Fsp3) is 0.588. The van der Waals surface area contributed by atoms with Crippen LogP contribution in [0, 0.1) is 0 Å². The van der Waals surface area contributed by atoms with E-state index in [4.69, 9.17) is 14.2 Å². The third kappa shape index (κ3) is 4.79. The summed E-state index contributed by atoms with van der Waals surface area (Å²) in [6.07, 6.45) is -6.98. The molecule has 0 saturated carbocycles. The molecule has 1 amide bonds. The summed E-state index contributed by atoms with van der Waals surface area (Å²) >= 11 is 0. The molecule has 2 rings (SSSR count). The Morgan fingerprint density at radius 1 is 1.31 bits per heavy atom. The molecule has 0 spiro atoms. The maximum Gasteiger partial charge on any atom is 0.389 e. The Kier molecular flexibility index (Phi) is 6.71. The number of hydrogen-bond acceptors (Lipinski definition) is 5. The number of amides is 1. The molecule has 0 unspecified atom stereocenters. The number of ether oxygens (including phenoxy) is 3. The van der Waals surface area contributed by atoms with Gasteiger partial charge in [0.2, 0.25) is 5.91 Å². The van der Waals surface area contributed by atoms with Crippen LogP contribution in [0.3, 0.4) is 0 Å². The zero-order valence-corrected chi connectivity index (χ0v) is 14.6. The molecular weight excluding hydrogens is 355 g/mol. The average molecular weight is 377 g/mol. The third-order valence-electron chi connectivity index (χ3n) is 4.22. The molecule has 9 heteroatoms. The van der Waals surface area contributed by atoms with Crippen LogP contribution in [0.5, 0.6) is 11.5 Å². The highest BCUT2D eigenvalue weighted by atomic mass is 19.4. The first-order valence-corrected chi connectivity index (χ1v) is 8.11. The summed E-state index contributed by atoms with van der Waals surface area (Å²) in [7, 11) is 2.93.